The van der Waals surface area contributed by atoms with Crippen LogP contribution >= 0.6 is 0 Å². The van der Waals surface area contributed by atoms with Gasteiger partial charge in [0.05, 0.1) is 6.42 Å². The number of carbonyl (C=O) groups excluding carboxylic acids is 1. The fourth-order valence-corrected chi connectivity index (χ4v) is 1.91. The maximum Gasteiger partial charge on any atom is 0.224 e. The molecule has 0 radical (unpaired) electrons. The summed E-state index contributed by atoms with van der Waals surface area (Å²) in [5.74, 6) is 0.0576. The molecule has 0 aliphatic heterocycles. The van der Waals surface area contributed by atoms with Crippen LogP contribution in [0, 0.1) is 0 Å². The highest BCUT2D eigenvalue weighted by atomic mass is 16.1. The second-order valence-corrected chi connectivity index (χ2v) is 5.33. The van der Waals surface area contributed by atoms with Crippen molar-refractivity contribution in [2.75, 3.05) is 0 Å². The number of nitrogens with one attached hydrogen (secondary N) is 2. The summed E-state index contributed by atoms with van der Waals surface area (Å²) in [5.41, 5.74) is 1.94. The summed E-state index contributed by atoms with van der Waals surface area (Å²) >= 11 is 0. The molecule has 0 bridgehead atoms. The highest BCUT2D eigenvalue weighted by Crippen LogP contribution is 2.18. The molecule has 1 heterocycles. The van der Waals surface area contributed by atoms with E-state index in [0.717, 1.165) is 16.5 Å². The number of benzene rings is 1. The van der Waals surface area contributed by atoms with E-state index in [2.05, 4.69) is 10.3 Å². The van der Waals surface area contributed by atoms with Crippen LogP contribution in [0.1, 0.15) is 26.3 Å². The molecule has 1 amide bonds. The van der Waals surface area contributed by atoms with Crippen molar-refractivity contribution in [3.8, 4) is 0 Å². The number of rotatable bonds is 2. The van der Waals surface area contributed by atoms with Gasteiger partial charge in [0.15, 0.2) is 0 Å². The Kier molecular flexibility index (Phi) is 2.92. The van der Waals surface area contributed by atoms with Crippen molar-refractivity contribution >= 4 is 16.8 Å². The lowest BCUT2D eigenvalue weighted by molar-refractivity contribution is -0.121. The molecule has 0 aliphatic carbocycles. The maximum atomic E-state index is 11.8. The quantitative estimate of drug-likeness (QED) is 0.818. The Morgan fingerprint density at radius 1 is 1.29 bits per heavy atom. The van der Waals surface area contributed by atoms with Crippen molar-refractivity contribution in [3.05, 3.63) is 36.0 Å². The van der Waals surface area contributed by atoms with E-state index in [1.165, 1.54) is 0 Å². The lowest BCUT2D eigenvalue weighted by atomic mass is 10.1. The first-order valence-electron chi connectivity index (χ1n) is 5.82. The van der Waals surface area contributed by atoms with E-state index in [0.29, 0.717) is 6.42 Å². The average molecular weight is 230 g/mol. The molecule has 0 saturated heterocycles. The molecule has 1 aromatic heterocycles. The number of carbonyl (C=O) groups is 1. The van der Waals surface area contributed by atoms with Gasteiger partial charge in [-0.1, -0.05) is 18.2 Å². The number of para-hydroxylation sites is 1. The van der Waals surface area contributed by atoms with Gasteiger partial charge >= 0.3 is 0 Å². The van der Waals surface area contributed by atoms with Gasteiger partial charge in [0.1, 0.15) is 0 Å². The molecule has 17 heavy (non-hydrogen) atoms. The zero-order chi connectivity index (χ0) is 12.5. The summed E-state index contributed by atoms with van der Waals surface area (Å²) in [7, 11) is 0. The first-order valence-corrected chi connectivity index (χ1v) is 5.82. The Morgan fingerprint density at radius 3 is 2.71 bits per heavy atom. The SMILES string of the molecule is CC(C)(C)NC(=O)Cc1c[nH]c2ccccc12. The molecule has 0 saturated carbocycles. The second-order valence-electron chi connectivity index (χ2n) is 5.33. The minimum Gasteiger partial charge on any atom is -0.361 e. The van der Waals surface area contributed by atoms with E-state index in [4.69, 9.17) is 0 Å². The zero-order valence-electron chi connectivity index (χ0n) is 10.5. The third-order valence-corrected chi connectivity index (χ3v) is 2.54. The number of aromatic amines is 1. The zero-order valence-corrected chi connectivity index (χ0v) is 10.5. The molecule has 0 atom stereocenters. The van der Waals surface area contributed by atoms with Crippen LogP contribution in [0.2, 0.25) is 0 Å². The number of hydrogen-bond acceptors (Lipinski definition) is 1. The molecular weight excluding hydrogens is 212 g/mol. The van der Waals surface area contributed by atoms with Gasteiger partial charge in [-0.2, -0.15) is 0 Å². The van der Waals surface area contributed by atoms with Crippen LogP contribution in [0.3, 0.4) is 0 Å². The number of H-pyrrole nitrogens is 1. The second kappa shape index (κ2) is 4.24. The third-order valence-electron chi connectivity index (χ3n) is 2.54. The lowest BCUT2D eigenvalue weighted by Gasteiger charge is -2.20. The number of amides is 1. The van der Waals surface area contributed by atoms with Crippen LogP contribution in [0.15, 0.2) is 30.5 Å². The predicted octanol–water partition coefficient (Wildman–Crippen LogP) is 2.63. The molecule has 90 valence electrons. The third kappa shape index (κ3) is 2.87. The molecule has 2 N–H and O–H groups in total. The maximum absolute atomic E-state index is 11.8. The van der Waals surface area contributed by atoms with Gasteiger partial charge in [0.25, 0.3) is 0 Å². The van der Waals surface area contributed by atoms with Gasteiger partial charge in [0, 0.05) is 22.6 Å². The molecule has 0 aliphatic rings. The van der Waals surface area contributed by atoms with E-state index >= 15 is 0 Å². The largest absolute Gasteiger partial charge is 0.361 e. The van der Waals surface area contributed by atoms with Gasteiger partial charge < -0.3 is 10.3 Å². The molecular formula is C14H18N2O. The van der Waals surface area contributed by atoms with E-state index in [-0.39, 0.29) is 11.4 Å². The van der Waals surface area contributed by atoms with Gasteiger partial charge in [0.2, 0.25) is 5.91 Å². The monoisotopic (exact) mass is 230 g/mol. The summed E-state index contributed by atoms with van der Waals surface area (Å²) in [5, 5.41) is 4.09. The fraction of sp³-hybridized carbons (Fsp3) is 0.357. The van der Waals surface area contributed by atoms with Crippen LogP contribution in [0.4, 0.5) is 0 Å². The standard InChI is InChI=1S/C14H18N2O/c1-14(2,3)16-13(17)8-10-9-15-12-7-5-4-6-11(10)12/h4-7,9,15H,8H2,1-3H3,(H,16,17). The van der Waals surface area contributed by atoms with Crippen molar-refractivity contribution in [2.24, 2.45) is 0 Å². The van der Waals surface area contributed by atoms with Crippen molar-refractivity contribution in [1.29, 1.82) is 0 Å². The Morgan fingerprint density at radius 2 is 2.00 bits per heavy atom. The smallest absolute Gasteiger partial charge is 0.224 e. The van der Waals surface area contributed by atoms with Crippen molar-refractivity contribution in [3.63, 3.8) is 0 Å². The van der Waals surface area contributed by atoms with Crippen LogP contribution in [0.5, 0.6) is 0 Å². The fourth-order valence-electron chi connectivity index (χ4n) is 1.91. The lowest BCUT2D eigenvalue weighted by Crippen LogP contribution is -2.41. The first-order chi connectivity index (χ1) is 7.96. The van der Waals surface area contributed by atoms with Gasteiger partial charge in [-0.3, -0.25) is 4.79 Å². The van der Waals surface area contributed by atoms with Crippen LogP contribution < -0.4 is 5.32 Å². The Labute approximate surface area is 101 Å². The van der Waals surface area contributed by atoms with Gasteiger partial charge in [-0.15, -0.1) is 0 Å². The first kappa shape index (κ1) is 11.7. The molecule has 0 spiro atoms. The van der Waals surface area contributed by atoms with E-state index in [1.54, 1.807) is 0 Å². The normalized spacial score (nSPS) is 11.7. The molecule has 1 aromatic carbocycles. The van der Waals surface area contributed by atoms with Crippen LogP contribution in [-0.4, -0.2) is 16.4 Å². The summed E-state index contributed by atoms with van der Waals surface area (Å²) < 4.78 is 0. The van der Waals surface area contributed by atoms with Crippen molar-refractivity contribution in [2.45, 2.75) is 32.7 Å². The summed E-state index contributed by atoms with van der Waals surface area (Å²) in [6.45, 7) is 5.96. The van der Waals surface area contributed by atoms with Crippen LogP contribution in [0.25, 0.3) is 10.9 Å². The molecule has 2 rings (SSSR count). The Balaban J connectivity index is 2.16. The minimum absolute atomic E-state index is 0.0576. The minimum atomic E-state index is -0.177. The van der Waals surface area contributed by atoms with Crippen LogP contribution in [-0.2, 0) is 11.2 Å². The Bertz CT molecular complexity index is 534. The van der Waals surface area contributed by atoms with Gasteiger partial charge in [-0.05, 0) is 32.4 Å². The molecule has 3 heteroatoms. The highest BCUT2D eigenvalue weighted by Gasteiger charge is 2.15. The number of aromatic nitrogens is 1. The molecule has 0 unspecified atom stereocenters. The topological polar surface area (TPSA) is 44.9 Å². The van der Waals surface area contributed by atoms with Crippen molar-refractivity contribution < 1.29 is 4.79 Å². The van der Waals surface area contributed by atoms with Gasteiger partial charge in [-0.25, -0.2) is 0 Å². The van der Waals surface area contributed by atoms with E-state index in [9.17, 15) is 4.79 Å². The number of fused-ring (bicyclic) bond motifs is 1. The Hall–Kier alpha value is -1.77. The summed E-state index contributed by atoms with van der Waals surface area (Å²) in [6, 6.07) is 8.02. The summed E-state index contributed by atoms with van der Waals surface area (Å²) in [6.07, 6.45) is 2.33. The highest BCUT2D eigenvalue weighted by molar-refractivity contribution is 5.89. The summed E-state index contributed by atoms with van der Waals surface area (Å²) in [4.78, 5) is 15.0. The van der Waals surface area contributed by atoms with E-state index < -0.39 is 0 Å². The van der Waals surface area contributed by atoms with E-state index in [1.807, 2.05) is 51.2 Å². The molecule has 2 aromatic rings. The molecule has 0 fully saturated rings. The average Bonchev–Trinajstić information content (AvgIpc) is 2.59. The van der Waals surface area contributed by atoms with Crippen molar-refractivity contribution in [1.82, 2.24) is 10.3 Å². The predicted molar refractivity (Wildman–Crippen MR) is 69.9 cm³/mol. The molecule has 3 nitrogen and oxygen atoms in total. The number of hydrogen-bond donors (Lipinski definition) is 2.